The molecule has 0 radical (unpaired) electrons. The van der Waals surface area contributed by atoms with Crippen molar-refractivity contribution in [1.29, 1.82) is 0 Å². The highest BCUT2D eigenvalue weighted by Crippen LogP contribution is 2.20. The number of amides is 1. The number of hydrogen-bond donors (Lipinski definition) is 1. The number of anilines is 1. The molecule has 0 aliphatic carbocycles. The van der Waals surface area contributed by atoms with Gasteiger partial charge >= 0.3 is 0 Å². The predicted molar refractivity (Wildman–Crippen MR) is 82.2 cm³/mol. The second-order valence-corrected chi connectivity index (χ2v) is 4.56. The summed E-state index contributed by atoms with van der Waals surface area (Å²) in [6, 6.07) is 12.9. The minimum absolute atomic E-state index is 0.0244. The lowest BCUT2D eigenvalue weighted by Crippen LogP contribution is -2.07. The number of rotatable bonds is 4. The fourth-order valence-corrected chi connectivity index (χ4v) is 1.83. The number of nitro benzene ring substituents is 1. The van der Waals surface area contributed by atoms with Gasteiger partial charge in [-0.05, 0) is 23.8 Å². The summed E-state index contributed by atoms with van der Waals surface area (Å²) in [6.07, 6.45) is 2.79. The fourth-order valence-electron chi connectivity index (χ4n) is 1.65. The monoisotopic (exact) mass is 302 g/mol. The van der Waals surface area contributed by atoms with Crippen LogP contribution >= 0.6 is 11.6 Å². The minimum Gasteiger partial charge on any atom is -0.321 e. The van der Waals surface area contributed by atoms with E-state index in [0.29, 0.717) is 16.3 Å². The number of carbonyl (C=O) groups excluding carboxylic acids is 1. The molecule has 0 saturated carbocycles. The van der Waals surface area contributed by atoms with Crippen LogP contribution in [0.3, 0.4) is 0 Å². The van der Waals surface area contributed by atoms with Crippen molar-refractivity contribution in [1.82, 2.24) is 0 Å². The van der Waals surface area contributed by atoms with Gasteiger partial charge in [0, 0.05) is 18.2 Å². The van der Waals surface area contributed by atoms with E-state index in [1.807, 2.05) is 0 Å². The lowest BCUT2D eigenvalue weighted by atomic mass is 10.2. The smallest absolute Gasteiger partial charge is 0.270 e. The Balaban J connectivity index is 2.07. The summed E-state index contributed by atoms with van der Waals surface area (Å²) in [4.78, 5) is 21.9. The van der Waals surface area contributed by atoms with Gasteiger partial charge in [-0.1, -0.05) is 35.9 Å². The first-order chi connectivity index (χ1) is 10.1. The Kier molecular flexibility index (Phi) is 4.68. The van der Waals surface area contributed by atoms with Crippen LogP contribution in [0, 0.1) is 10.1 Å². The Hall–Kier alpha value is -2.66. The summed E-state index contributed by atoms with van der Waals surface area (Å²) in [5.41, 5.74) is 1.05. The molecule has 0 saturated heterocycles. The Bertz CT molecular complexity index is 714. The summed E-state index contributed by atoms with van der Waals surface area (Å²) in [7, 11) is 0. The maximum absolute atomic E-state index is 11.8. The van der Waals surface area contributed by atoms with E-state index in [-0.39, 0.29) is 11.6 Å². The normalized spacial score (nSPS) is 10.5. The van der Waals surface area contributed by atoms with Gasteiger partial charge in [0.05, 0.1) is 15.6 Å². The van der Waals surface area contributed by atoms with Gasteiger partial charge in [0.25, 0.3) is 5.69 Å². The van der Waals surface area contributed by atoms with Gasteiger partial charge in [0.15, 0.2) is 0 Å². The van der Waals surface area contributed by atoms with E-state index < -0.39 is 4.92 Å². The van der Waals surface area contributed by atoms with Crippen LogP contribution in [0.15, 0.2) is 54.6 Å². The van der Waals surface area contributed by atoms with E-state index in [1.54, 1.807) is 36.4 Å². The van der Waals surface area contributed by atoms with Crippen molar-refractivity contribution < 1.29 is 9.72 Å². The van der Waals surface area contributed by atoms with E-state index in [2.05, 4.69) is 5.32 Å². The molecule has 0 spiro atoms. The van der Waals surface area contributed by atoms with Crippen molar-refractivity contribution in [3.8, 4) is 0 Å². The molecule has 1 N–H and O–H groups in total. The fraction of sp³-hybridized carbons (Fsp3) is 0. The number of para-hydroxylation sites is 1. The molecule has 2 rings (SSSR count). The van der Waals surface area contributed by atoms with Crippen LogP contribution in [-0.4, -0.2) is 10.8 Å². The molecular formula is C15H11ClN2O3. The van der Waals surface area contributed by atoms with Gasteiger partial charge in [-0.3, -0.25) is 14.9 Å². The van der Waals surface area contributed by atoms with Crippen LogP contribution in [0.2, 0.25) is 5.02 Å². The van der Waals surface area contributed by atoms with Crippen LogP contribution < -0.4 is 5.32 Å². The number of hydrogen-bond acceptors (Lipinski definition) is 3. The number of nitrogens with zero attached hydrogens (tertiary/aromatic N) is 1. The van der Waals surface area contributed by atoms with E-state index in [1.165, 1.54) is 24.3 Å². The third-order valence-electron chi connectivity index (χ3n) is 2.64. The molecule has 0 bridgehead atoms. The molecule has 0 aliphatic rings. The van der Waals surface area contributed by atoms with E-state index in [0.717, 1.165) is 0 Å². The lowest BCUT2D eigenvalue weighted by molar-refractivity contribution is -0.384. The van der Waals surface area contributed by atoms with Crippen LogP contribution in [0.4, 0.5) is 11.4 Å². The van der Waals surface area contributed by atoms with Crippen molar-refractivity contribution in [2.75, 3.05) is 5.32 Å². The van der Waals surface area contributed by atoms with Crippen LogP contribution in [0.25, 0.3) is 6.08 Å². The third-order valence-corrected chi connectivity index (χ3v) is 2.97. The average molecular weight is 303 g/mol. The summed E-state index contributed by atoms with van der Waals surface area (Å²) in [6.45, 7) is 0. The molecule has 106 valence electrons. The van der Waals surface area contributed by atoms with E-state index in [4.69, 9.17) is 11.6 Å². The quantitative estimate of drug-likeness (QED) is 0.529. The molecule has 0 heterocycles. The highest BCUT2D eigenvalue weighted by Gasteiger charge is 2.05. The van der Waals surface area contributed by atoms with Gasteiger partial charge in [0.1, 0.15) is 0 Å². The molecule has 21 heavy (non-hydrogen) atoms. The van der Waals surface area contributed by atoms with Crippen LogP contribution in [-0.2, 0) is 4.79 Å². The first-order valence-corrected chi connectivity index (χ1v) is 6.42. The minimum atomic E-state index is -0.485. The summed E-state index contributed by atoms with van der Waals surface area (Å²) in [5, 5.41) is 13.7. The van der Waals surface area contributed by atoms with Gasteiger partial charge in [0.2, 0.25) is 5.91 Å². The van der Waals surface area contributed by atoms with Crippen molar-refractivity contribution in [2.24, 2.45) is 0 Å². The number of non-ortho nitro benzene ring substituents is 1. The van der Waals surface area contributed by atoms with Gasteiger partial charge < -0.3 is 5.32 Å². The number of halogens is 1. The second-order valence-electron chi connectivity index (χ2n) is 4.15. The Morgan fingerprint density at radius 2 is 1.95 bits per heavy atom. The number of nitro groups is 1. The van der Waals surface area contributed by atoms with Gasteiger partial charge in [-0.25, -0.2) is 0 Å². The Morgan fingerprint density at radius 1 is 1.19 bits per heavy atom. The van der Waals surface area contributed by atoms with E-state index >= 15 is 0 Å². The Morgan fingerprint density at radius 3 is 2.67 bits per heavy atom. The zero-order valence-electron chi connectivity index (χ0n) is 10.8. The van der Waals surface area contributed by atoms with Crippen molar-refractivity contribution >= 4 is 35.0 Å². The molecule has 5 nitrogen and oxygen atoms in total. The summed E-state index contributed by atoms with van der Waals surface area (Å²) < 4.78 is 0. The van der Waals surface area contributed by atoms with E-state index in [9.17, 15) is 14.9 Å². The molecular weight excluding hydrogens is 292 g/mol. The molecule has 0 unspecified atom stereocenters. The predicted octanol–water partition coefficient (Wildman–Crippen LogP) is 3.90. The molecule has 2 aromatic carbocycles. The zero-order valence-corrected chi connectivity index (χ0v) is 11.6. The highest BCUT2D eigenvalue weighted by atomic mass is 35.5. The molecule has 6 heteroatoms. The van der Waals surface area contributed by atoms with Crippen molar-refractivity contribution in [3.05, 3.63) is 75.3 Å². The first kappa shape index (κ1) is 14.7. The third kappa shape index (κ3) is 4.15. The maximum Gasteiger partial charge on any atom is 0.270 e. The van der Waals surface area contributed by atoms with Crippen molar-refractivity contribution in [3.63, 3.8) is 0 Å². The molecule has 1 amide bonds. The van der Waals surface area contributed by atoms with Crippen LogP contribution in [0.1, 0.15) is 5.56 Å². The van der Waals surface area contributed by atoms with Gasteiger partial charge in [-0.2, -0.15) is 0 Å². The van der Waals surface area contributed by atoms with Gasteiger partial charge in [-0.15, -0.1) is 0 Å². The maximum atomic E-state index is 11.8. The second kappa shape index (κ2) is 6.67. The number of carbonyl (C=O) groups is 1. The molecule has 0 aromatic heterocycles. The largest absolute Gasteiger partial charge is 0.321 e. The van der Waals surface area contributed by atoms with Crippen molar-refractivity contribution in [2.45, 2.75) is 0 Å². The lowest BCUT2D eigenvalue weighted by Gasteiger charge is -2.03. The number of benzene rings is 2. The summed E-state index contributed by atoms with van der Waals surface area (Å²) >= 11 is 5.93. The summed E-state index contributed by atoms with van der Waals surface area (Å²) in [5.74, 6) is -0.366. The standard InChI is InChI=1S/C15H11ClN2O3/c16-13-6-1-2-7-14(13)17-15(19)9-8-11-4-3-5-12(10-11)18(20)21/h1-10H,(H,17,19). The topological polar surface area (TPSA) is 72.2 Å². The molecule has 0 fully saturated rings. The molecule has 0 atom stereocenters. The SMILES string of the molecule is O=C(C=Cc1cccc([N+](=O)[O-])c1)Nc1ccccc1Cl. The molecule has 0 aliphatic heterocycles. The zero-order chi connectivity index (χ0) is 15.2. The Labute approximate surface area is 126 Å². The average Bonchev–Trinajstić information content (AvgIpc) is 2.48. The van der Waals surface area contributed by atoms with Crippen LogP contribution in [0.5, 0.6) is 0 Å². The first-order valence-electron chi connectivity index (χ1n) is 6.04. The highest BCUT2D eigenvalue weighted by molar-refractivity contribution is 6.33. The number of nitrogens with one attached hydrogen (secondary N) is 1. The molecule has 2 aromatic rings.